The Balaban J connectivity index is 1.73. The molecule has 118 valence electrons. The number of aromatic nitrogens is 2. The summed E-state index contributed by atoms with van der Waals surface area (Å²) in [5, 5.41) is 0. The molecule has 2 rings (SSSR count). The van der Waals surface area contributed by atoms with E-state index in [0.717, 1.165) is 32.1 Å². The minimum absolute atomic E-state index is 0.229. The monoisotopic (exact) mass is 294 g/mol. The van der Waals surface area contributed by atoms with Gasteiger partial charge in [0.15, 0.2) is 0 Å². The van der Waals surface area contributed by atoms with Crippen LogP contribution in [0.5, 0.6) is 0 Å². The van der Waals surface area contributed by atoms with Crippen molar-refractivity contribution >= 4 is 5.91 Å². The van der Waals surface area contributed by atoms with Gasteiger partial charge in [0.1, 0.15) is 5.82 Å². The minimum atomic E-state index is 0.229. The number of carbonyl (C=O) groups is 1. The van der Waals surface area contributed by atoms with E-state index in [1.165, 1.54) is 0 Å². The molecular formula is C15H26N4O2. The van der Waals surface area contributed by atoms with Crippen LogP contribution in [0.15, 0.2) is 12.4 Å². The summed E-state index contributed by atoms with van der Waals surface area (Å²) in [5.41, 5.74) is 0. The number of carbonyl (C=O) groups excluding carboxylic acids is 1. The highest BCUT2D eigenvalue weighted by Crippen LogP contribution is 2.14. The molecule has 1 aromatic heterocycles. The Morgan fingerprint density at radius 2 is 2.24 bits per heavy atom. The van der Waals surface area contributed by atoms with Gasteiger partial charge >= 0.3 is 0 Å². The molecule has 6 nitrogen and oxygen atoms in total. The second-order valence-electron chi connectivity index (χ2n) is 5.65. The van der Waals surface area contributed by atoms with Gasteiger partial charge in [-0.2, -0.15) is 0 Å². The number of hydrogen-bond acceptors (Lipinski definition) is 4. The smallest absolute Gasteiger partial charge is 0.223 e. The molecular weight excluding hydrogens is 268 g/mol. The van der Waals surface area contributed by atoms with Crippen LogP contribution in [0.3, 0.4) is 0 Å². The maximum absolute atomic E-state index is 12.1. The number of amides is 1. The molecule has 1 aromatic rings. The Kier molecular flexibility index (Phi) is 5.76. The Bertz CT molecular complexity index is 452. The van der Waals surface area contributed by atoms with Gasteiger partial charge in [0.05, 0.1) is 6.61 Å². The van der Waals surface area contributed by atoms with Gasteiger partial charge in [0, 0.05) is 57.5 Å². The van der Waals surface area contributed by atoms with Crippen LogP contribution in [-0.4, -0.2) is 71.7 Å². The van der Waals surface area contributed by atoms with E-state index in [1.807, 2.05) is 18.0 Å². The molecule has 1 amide bonds. The molecule has 1 saturated heterocycles. The van der Waals surface area contributed by atoms with E-state index in [4.69, 9.17) is 4.74 Å². The zero-order valence-corrected chi connectivity index (χ0v) is 13.3. The van der Waals surface area contributed by atoms with E-state index in [-0.39, 0.29) is 5.91 Å². The van der Waals surface area contributed by atoms with Gasteiger partial charge in [-0.15, -0.1) is 0 Å². The molecule has 1 aliphatic heterocycles. The van der Waals surface area contributed by atoms with Crippen LogP contribution < -0.4 is 0 Å². The third kappa shape index (κ3) is 4.28. The first-order valence-corrected chi connectivity index (χ1v) is 7.63. The molecule has 1 fully saturated rings. The SMILES string of the molecule is CCOCCn1ccnc1CCC(=O)N1CC(N(C)C)C1. The Morgan fingerprint density at radius 3 is 2.90 bits per heavy atom. The van der Waals surface area contributed by atoms with Gasteiger partial charge in [-0.05, 0) is 21.0 Å². The second-order valence-corrected chi connectivity index (χ2v) is 5.65. The molecule has 0 spiro atoms. The van der Waals surface area contributed by atoms with Crippen molar-refractivity contribution in [2.24, 2.45) is 0 Å². The van der Waals surface area contributed by atoms with Crippen molar-refractivity contribution in [1.82, 2.24) is 19.4 Å². The maximum atomic E-state index is 12.1. The average Bonchev–Trinajstić information content (AvgIpc) is 2.82. The Morgan fingerprint density at radius 1 is 1.48 bits per heavy atom. The number of aryl methyl sites for hydroxylation is 1. The Hall–Kier alpha value is -1.40. The van der Waals surface area contributed by atoms with Crippen molar-refractivity contribution in [3.63, 3.8) is 0 Å². The standard InChI is InChI=1S/C15H26N4O2/c1-4-21-10-9-18-8-7-16-14(18)5-6-15(20)19-11-13(12-19)17(2)3/h7-8,13H,4-6,9-12H2,1-3H3. The first-order chi connectivity index (χ1) is 10.1. The lowest BCUT2D eigenvalue weighted by molar-refractivity contribution is -0.137. The molecule has 0 bridgehead atoms. The Labute approximate surface area is 126 Å². The van der Waals surface area contributed by atoms with Crippen molar-refractivity contribution in [2.45, 2.75) is 32.4 Å². The number of rotatable bonds is 8. The number of imidazole rings is 1. The average molecular weight is 294 g/mol. The van der Waals surface area contributed by atoms with Crippen molar-refractivity contribution in [2.75, 3.05) is 40.4 Å². The number of nitrogens with zero attached hydrogens (tertiary/aromatic N) is 4. The molecule has 1 aliphatic rings. The van der Waals surface area contributed by atoms with E-state index in [0.29, 0.717) is 25.5 Å². The third-order valence-electron chi connectivity index (χ3n) is 3.99. The van der Waals surface area contributed by atoms with Gasteiger partial charge in [-0.25, -0.2) is 4.98 Å². The van der Waals surface area contributed by atoms with Crippen LogP contribution in [0.2, 0.25) is 0 Å². The van der Waals surface area contributed by atoms with Gasteiger partial charge in [-0.3, -0.25) is 4.79 Å². The number of likely N-dealkylation sites (tertiary alicyclic amines) is 1. The van der Waals surface area contributed by atoms with E-state index in [9.17, 15) is 4.79 Å². The van der Waals surface area contributed by atoms with Crippen LogP contribution >= 0.6 is 0 Å². The molecule has 0 N–H and O–H groups in total. The summed E-state index contributed by atoms with van der Waals surface area (Å²) in [7, 11) is 4.11. The predicted molar refractivity (Wildman–Crippen MR) is 81.1 cm³/mol. The molecule has 0 radical (unpaired) electrons. The molecule has 0 unspecified atom stereocenters. The molecule has 6 heteroatoms. The highest BCUT2D eigenvalue weighted by Gasteiger charge is 2.31. The largest absolute Gasteiger partial charge is 0.380 e. The van der Waals surface area contributed by atoms with E-state index >= 15 is 0 Å². The topological polar surface area (TPSA) is 50.6 Å². The number of likely N-dealkylation sites (N-methyl/N-ethyl adjacent to an activating group) is 1. The summed E-state index contributed by atoms with van der Waals surface area (Å²) in [4.78, 5) is 20.5. The fourth-order valence-corrected chi connectivity index (χ4v) is 2.44. The fourth-order valence-electron chi connectivity index (χ4n) is 2.44. The summed E-state index contributed by atoms with van der Waals surface area (Å²) >= 11 is 0. The van der Waals surface area contributed by atoms with Crippen LogP contribution in [0.4, 0.5) is 0 Å². The molecule has 0 saturated carbocycles. The number of hydrogen-bond donors (Lipinski definition) is 0. The zero-order chi connectivity index (χ0) is 15.2. The van der Waals surface area contributed by atoms with Crippen molar-refractivity contribution < 1.29 is 9.53 Å². The lowest BCUT2D eigenvalue weighted by Crippen LogP contribution is -2.59. The molecule has 2 heterocycles. The zero-order valence-electron chi connectivity index (χ0n) is 13.3. The van der Waals surface area contributed by atoms with E-state index < -0.39 is 0 Å². The van der Waals surface area contributed by atoms with E-state index in [1.54, 1.807) is 6.20 Å². The second kappa shape index (κ2) is 7.56. The normalized spacial score (nSPS) is 15.5. The fraction of sp³-hybridized carbons (Fsp3) is 0.733. The molecule has 0 atom stereocenters. The first kappa shape index (κ1) is 16.0. The van der Waals surface area contributed by atoms with Gasteiger partial charge in [0.2, 0.25) is 5.91 Å². The van der Waals surface area contributed by atoms with Crippen molar-refractivity contribution in [1.29, 1.82) is 0 Å². The van der Waals surface area contributed by atoms with E-state index in [2.05, 4.69) is 28.5 Å². The quantitative estimate of drug-likeness (QED) is 0.660. The predicted octanol–water partition coefficient (Wildman–Crippen LogP) is 0.625. The molecule has 0 aliphatic carbocycles. The van der Waals surface area contributed by atoms with Crippen LogP contribution in [-0.2, 0) is 22.5 Å². The molecule has 0 aromatic carbocycles. The summed E-state index contributed by atoms with van der Waals surface area (Å²) < 4.78 is 7.43. The van der Waals surface area contributed by atoms with Crippen molar-refractivity contribution in [3.05, 3.63) is 18.2 Å². The van der Waals surface area contributed by atoms with Gasteiger partial charge in [0.25, 0.3) is 0 Å². The van der Waals surface area contributed by atoms with Gasteiger partial charge in [-0.1, -0.05) is 0 Å². The number of ether oxygens (including phenoxy) is 1. The minimum Gasteiger partial charge on any atom is -0.380 e. The summed E-state index contributed by atoms with van der Waals surface area (Å²) in [6, 6.07) is 0.516. The lowest BCUT2D eigenvalue weighted by Gasteiger charge is -2.42. The summed E-state index contributed by atoms with van der Waals surface area (Å²) in [5.74, 6) is 1.19. The van der Waals surface area contributed by atoms with Crippen LogP contribution in [0.1, 0.15) is 19.2 Å². The summed E-state index contributed by atoms with van der Waals surface area (Å²) in [6.45, 7) is 5.90. The van der Waals surface area contributed by atoms with Gasteiger partial charge < -0.3 is 19.1 Å². The summed E-state index contributed by atoms with van der Waals surface area (Å²) in [6.07, 6.45) is 4.97. The third-order valence-corrected chi connectivity index (χ3v) is 3.99. The molecule has 21 heavy (non-hydrogen) atoms. The highest BCUT2D eigenvalue weighted by molar-refractivity contribution is 5.77. The van der Waals surface area contributed by atoms with Crippen LogP contribution in [0, 0.1) is 0 Å². The lowest BCUT2D eigenvalue weighted by atomic mass is 10.1. The first-order valence-electron chi connectivity index (χ1n) is 7.63. The van der Waals surface area contributed by atoms with Crippen molar-refractivity contribution in [3.8, 4) is 0 Å². The maximum Gasteiger partial charge on any atom is 0.223 e. The van der Waals surface area contributed by atoms with Crippen LogP contribution in [0.25, 0.3) is 0 Å². The highest BCUT2D eigenvalue weighted by atomic mass is 16.5.